The maximum Gasteiger partial charge on any atom is 0.240 e. The average molecular weight is 247 g/mol. The lowest BCUT2D eigenvalue weighted by molar-refractivity contribution is 0.355. The van der Waals surface area contributed by atoms with Gasteiger partial charge in [-0.1, -0.05) is 0 Å². The van der Waals surface area contributed by atoms with Crippen molar-refractivity contribution < 1.29 is 9.47 Å². The first-order valence-electron chi connectivity index (χ1n) is 5.21. The van der Waals surface area contributed by atoms with Gasteiger partial charge in [0.05, 0.1) is 26.5 Å². The highest BCUT2D eigenvalue weighted by atomic mass is 16.5. The maximum absolute atomic E-state index is 6.08. The van der Waals surface area contributed by atoms with E-state index in [-0.39, 0.29) is 0 Å². The van der Waals surface area contributed by atoms with Crippen LogP contribution in [-0.4, -0.2) is 34.2 Å². The highest BCUT2D eigenvalue weighted by Gasteiger charge is 2.18. The molecule has 0 saturated heterocycles. The van der Waals surface area contributed by atoms with Crippen molar-refractivity contribution in [3.63, 3.8) is 0 Å². The molecule has 0 radical (unpaired) electrons. The molecule has 7 heteroatoms. The zero-order valence-corrected chi connectivity index (χ0v) is 10.1. The molecule has 0 spiro atoms. The number of hydrogen-bond donors (Lipinski definition) is 1. The van der Waals surface area contributed by atoms with Crippen LogP contribution in [0, 0.1) is 0 Å². The normalized spacial score (nSPS) is 11.9. The molecule has 0 aromatic carbocycles. The zero-order chi connectivity index (χ0) is 13.0. The zero-order valence-electron chi connectivity index (χ0n) is 10.1. The summed E-state index contributed by atoms with van der Waals surface area (Å²) in [7, 11) is 3.01. The van der Waals surface area contributed by atoms with Crippen LogP contribution in [0.1, 0.15) is 17.3 Å². The molecule has 0 fully saturated rings. The highest BCUT2D eigenvalue weighted by Crippen LogP contribution is 2.25. The van der Waals surface area contributed by atoms with Gasteiger partial charge in [-0.2, -0.15) is 4.98 Å². The Bertz CT molecular complexity index is 520. The molecule has 0 aliphatic heterocycles. The summed E-state index contributed by atoms with van der Waals surface area (Å²) in [5.74, 6) is 0.692. The van der Waals surface area contributed by atoms with E-state index in [0.29, 0.717) is 17.5 Å². The lowest BCUT2D eigenvalue weighted by Crippen LogP contribution is -2.16. The molecule has 1 atom stereocenters. The third-order valence-corrected chi connectivity index (χ3v) is 2.38. The van der Waals surface area contributed by atoms with Gasteiger partial charge in [0.1, 0.15) is 12.0 Å². The predicted molar refractivity (Wildman–Crippen MR) is 63.2 cm³/mol. The molecular formula is C11H13N5O2. The molecular weight excluding hydrogens is 234 g/mol. The molecule has 94 valence electrons. The van der Waals surface area contributed by atoms with Crippen LogP contribution in [0.3, 0.4) is 0 Å². The van der Waals surface area contributed by atoms with Gasteiger partial charge in [-0.3, -0.25) is 0 Å². The molecule has 2 N–H and O–H groups in total. The Morgan fingerprint density at radius 1 is 1.11 bits per heavy atom. The van der Waals surface area contributed by atoms with E-state index in [1.54, 1.807) is 12.4 Å². The molecule has 0 aliphatic rings. The second-order valence-electron chi connectivity index (χ2n) is 3.46. The molecule has 0 amide bonds. The summed E-state index contributed by atoms with van der Waals surface area (Å²) in [6, 6.07) is -0.500. The number of ether oxygens (including phenoxy) is 2. The van der Waals surface area contributed by atoms with E-state index in [2.05, 4.69) is 19.9 Å². The van der Waals surface area contributed by atoms with Crippen LogP contribution in [0.5, 0.6) is 11.8 Å². The number of nitrogens with zero attached hydrogens (tertiary/aromatic N) is 4. The van der Waals surface area contributed by atoms with Gasteiger partial charge in [0.25, 0.3) is 0 Å². The van der Waals surface area contributed by atoms with Crippen molar-refractivity contribution >= 4 is 0 Å². The van der Waals surface area contributed by atoms with Crippen molar-refractivity contribution in [2.24, 2.45) is 5.73 Å². The van der Waals surface area contributed by atoms with E-state index in [1.807, 2.05) is 0 Å². The van der Waals surface area contributed by atoms with Gasteiger partial charge in [-0.15, -0.1) is 0 Å². The van der Waals surface area contributed by atoms with Gasteiger partial charge in [-0.05, 0) is 0 Å². The van der Waals surface area contributed by atoms with E-state index in [0.717, 1.165) is 5.56 Å². The molecule has 0 aliphatic carbocycles. The molecule has 18 heavy (non-hydrogen) atoms. The Labute approximate surface area is 104 Å². The first kappa shape index (κ1) is 12.2. The van der Waals surface area contributed by atoms with Crippen LogP contribution in [-0.2, 0) is 0 Å². The summed E-state index contributed by atoms with van der Waals surface area (Å²) in [6.07, 6.45) is 6.18. The van der Waals surface area contributed by atoms with Crippen molar-refractivity contribution in [1.82, 2.24) is 19.9 Å². The minimum atomic E-state index is -0.500. The average Bonchev–Trinajstić information content (AvgIpc) is 2.46. The number of rotatable bonds is 4. The number of methoxy groups -OCH3 is 2. The molecule has 0 bridgehead atoms. The fraction of sp³-hybridized carbons (Fsp3) is 0.273. The molecule has 2 rings (SSSR count). The summed E-state index contributed by atoms with van der Waals surface area (Å²) >= 11 is 0. The van der Waals surface area contributed by atoms with Crippen molar-refractivity contribution in [2.45, 2.75) is 6.04 Å². The Hall–Kier alpha value is -2.28. The van der Waals surface area contributed by atoms with Gasteiger partial charge in [0.15, 0.2) is 0 Å². The van der Waals surface area contributed by atoms with E-state index in [4.69, 9.17) is 15.2 Å². The topological polar surface area (TPSA) is 96.0 Å². The second-order valence-corrected chi connectivity index (χ2v) is 3.46. The Morgan fingerprint density at radius 3 is 2.44 bits per heavy atom. The summed E-state index contributed by atoms with van der Waals surface area (Å²) < 4.78 is 10.1. The predicted octanol–water partition coefficient (Wildman–Crippen LogP) is 0.332. The Morgan fingerprint density at radius 2 is 1.83 bits per heavy atom. The van der Waals surface area contributed by atoms with Crippen molar-refractivity contribution in [3.05, 3.63) is 36.2 Å². The second kappa shape index (κ2) is 5.37. The van der Waals surface area contributed by atoms with Gasteiger partial charge in [-0.25, -0.2) is 15.0 Å². The molecule has 2 aromatic heterocycles. The Kier molecular flexibility index (Phi) is 3.63. The summed E-state index contributed by atoms with van der Waals surface area (Å²) in [5.41, 5.74) is 7.32. The van der Waals surface area contributed by atoms with Crippen LogP contribution in [0.4, 0.5) is 0 Å². The number of aromatic nitrogens is 4. The van der Waals surface area contributed by atoms with Crippen LogP contribution in [0.25, 0.3) is 0 Å². The number of nitrogens with two attached hydrogens (primary N) is 1. The van der Waals surface area contributed by atoms with Crippen LogP contribution in [0.15, 0.2) is 24.9 Å². The minimum absolute atomic E-state index is 0.325. The van der Waals surface area contributed by atoms with Gasteiger partial charge >= 0.3 is 0 Å². The van der Waals surface area contributed by atoms with Gasteiger partial charge in [0.2, 0.25) is 11.8 Å². The third-order valence-electron chi connectivity index (χ3n) is 2.38. The fourth-order valence-electron chi connectivity index (χ4n) is 1.46. The first-order chi connectivity index (χ1) is 8.76. The maximum atomic E-state index is 6.08. The van der Waals surface area contributed by atoms with Crippen LogP contribution in [0.2, 0.25) is 0 Å². The summed E-state index contributed by atoms with van der Waals surface area (Å²) in [4.78, 5) is 16.2. The molecule has 0 saturated carbocycles. The molecule has 1 unspecified atom stereocenters. The third kappa shape index (κ3) is 2.35. The summed E-state index contributed by atoms with van der Waals surface area (Å²) in [5, 5.41) is 0. The van der Waals surface area contributed by atoms with E-state index < -0.39 is 6.04 Å². The SMILES string of the molecule is COc1cnc(C(N)c2cncnc2)c(OC)n1. The van der Waals surface area contributed by atoms with E-state index >= 15 is 0 Å². The molecule has 2 aromatic rings. The standard InChI is InChI=1S/C11H13N5O2/c1-17-8-5-15-10(11(16-8)18-2)9(12)7-3-13-6-14-4-7/h3-6,9H,12H2,1-2H3. The lowest BCUT2D eigenvalue weighted by atomic mass is 10.1. The van der Waals surface area contributed by atoms with E-state index in [1.165, 1.54) is 26.7 Å². The smallest absolute Gasteiger partial charge is 0.240 e. The minimum Gasteiger partial charge on any atom is -0.480 e. The van der Waals surface area contributed by atoms with Crippen molar-refractivity contribution in [3.8, 4) is 11.8 Å². The summed E-state index contributed by atoms with van der Waals surface area (Å²) in [6.45, 7) is 0. The molecule has 2 heterocycles. The van der Waals surface area contributed by atoms with Crippen molar-refractivity contribution in [2.75, 3.05) is 14.2 Å². The van der Waals surface area contributed by atoms with Gasteiger partial charge < -0.3 is 15.2 Å². The largest absolute Gasteiger partial charge is 0.480 e. The fourth-order valence-corrected chi connectivity index (χ4v) is 1.46. The Balaban J connectivity index is 2.38. The van der Waals surface area contributed by atoms with Gasteiger partial charge in [0, 0.05) is 18.0 Å². The number of hydrogen-bond acceptors (Lipinski definition) is 7. The van der Waals surface area contributed by atoms with Crippen LogP contribution < -0.4 is 15.2 Å². The van der Waals surface area contributed by atoms with E-state index in [9.17, 15) is 0 Å². The first-order valence-corrected chi connectivity index (χ1v) is 5.21. The quantitative estimate of drug-likeness (QED) is 0.831. The molecule has 7 nitrogen and oxygen atoms in total. The van der Waals surface area contributed by atoms with Crippen LogP contribution >= 0.6 is 0 Å². The highest BCUT2D eigenvalue weighted by molar-refractivity contribution is 5.31. The van der Waals surface area contributed by atoms with Crippen molar-refractivity contribution in [1.29, 1.82) is 0 Å². The monoisotopic (exact) mass is 247 g/mol. The lowest BCUT2D eigenvalue weighted by Gasteiger charge is -2.13.